The highest BCUT2D eigenvalue weighted by atomic mass is 32.2. The summed E-state index contributed by atoms with van der Waals surface area (Å²) >= 11 is 1.26. The van der Waals surface area contributed by atoms with E-state index in [1.807, 2.05) is 0 Å². The second kappa shape index (κ2) is 7.60. The molecular weight excluding hydrogens is 368 g/mol. The van der Waals surface area contributed by atoms with Crippen LogP contribution < -0.4 is 0 Å². The van der Waals surface area contributed by atoms with Crippen LogP contribution in [0.2, 0.25) is 0 Å². The summed E-state index contributed by atoms with van der Waals surface area (Å²) in [5.41, 5.74) is 0. The summed E-state index contributed by atoms with van der Waals surface area (Å²) in [4.78, 5) is 15.3. The van der Waals surface area contributed by atoms with Gasteiger partial charge in [0.1, 0.15) is 4.21 Å². The van der Waals surface area contributed by atoms with E-state index in [0.717, 1.165) is 19.4 Å². The molecule has 5 nitrogen and oxygen atoms in total. The number of amides is 1. The van der Waals surface area contributed by atoms with Gasteiger partial charge in [-0.15, -0.1) is 11.3 Å². The molecule has 0 aromatic carbocycles. The summed E-state index contributed by atoms with van der Waals surface area (Å²) < 4.78 is 27.3. The number of carbonyl (C=O) groups excluding carboxylic acids is 1. The van der Waals surface area contributed by atoms with Gasteiger partial charge in [-0.05, 0) is 55.9 Å². The predicted molar refractivity (Wildman–Crippen MR) is 102 cm³/mol. The first kappa shape index (κ1) is 18.4. The third-order valence-corrected chi connectivity index (χ3v) is 9.69. The summed E-state index contributed by atoms with van der Waals surface area (Å²) in [6, 6.07) is 3.87. The van der Waals surface area contributed by atoms with E-state index in [1.54, 1.807) is 21.8 Å². The van der Waals surface area contributed by atoms with Gasteiger partial charge in [-0.25, -0.2) is 8.42 Å². The van der Waals surface area contributed by atoms with E-state index >= 15 is 0 Å². The molecule has 1 aliphatic carbocycles. The summed E-state index contributed by atoms with van der Waals surface area (Å²) in [6.45, 7) is 1.81. The maximum absolute atomic E-state index is 13.2. The Balaban J connectivity index is 1.39. The minimum Gasteiger partial charge on any atom is -0.339 e. The normalized spacial score (nSPS) is 28.7. The van der Waals surface area contributed by atoms with Gasteiger partial charge < -0.3 is 4.90 Å². The largest absolute Gasteiger partial charge is 0.339 e. The van der Waals surface area contributed by atoms with E-state index < -0.39 is 10.0 Å². The van der Waals surface area contributed by atoms with E-state index in [-0.39, 0.29) is 11.8 Å². The molecule has 7 heteroatoms. The standard InChI is InChI=1S/C19H28N2O3S2/c22-19(21-11-3-6-15-5-1-2-7-17(15)21)16-9-12-20(13-10-16)26(23,24)18-8-4-14-25-18/h4,8,14-17H,1-3,5-7,9-13H2. The molecule has 3 aliphatic rings. The Kier molecular flexibility index (Phi) is 5.39. The highest BCUT2D eigenvalue weighted by Gasteiger charge is 2.40. The van der Waals surface area contributed by atoms with Crippen LogP contribution in [0.4, 0.5) is 0 Å². The topological polar surface area (TPSA) is 57.7 Å². The number of carbonyl (C=O) groups is 1. The summed E-state index contributed by atoms with van der Waals surface area (Å²) in [5, 5.41) is 1.79. The maximum Gasteiger partial charge on any atom is 0.252 e. The van der Waals surface area contributed by atoms with Gasteiger partial charge in [0.25, 0.3) is 10.0 Å². The fourth-order valence-electron chi connectivity index (χ4n) is 5.01. The van der Waals surface area contributed by atoms with Crippen LogP contribution in [0.25, 0.3) is 0 Å². The molecule has 1 amide bonds. The van der Waals surface area contributed by atoms with E-state index in [2.05, 4.69) is 4.90 Å². The zero-order valence-electron chi connectivity index (χ0n) is 15.2. The van der Waals surface area contributed by atoms with Crippen LogP contribution in [-0.4, -0.2) is 49.2 Å². The van der Waals surface area contributed by atoms with Crippen molar-refractivity contribution in [3.8, 4) is 0 Å². The molecule has 0 spiro atoms. The molecule has 2 unspecified atom stereocenters. The van der Waals surface area contributed by atoms with Gasteiger partial charge in [0, 0.05) is 31.6 Å². The van der Waals surface area contributed by atoms with Crippen LogP contribution in [-0.2, 0) is 14.8 Å². The lowest BCUT2D eigenvalue weighted by Gasteiger charge is -2.46. The summed E-state index contributed by atoms with van der Waals surface area (Å²) in [7, 11) is -3.38. The Hall–Kier alpha value is -0.920. The van der Waals surface area contributed by atoms with Gasteiger partial charge in [-0.2, -0.15) is 4.31 Å². The molecule has 3 fully saturated rings. The lowest BCUT2D eigenvalue weighted by atomic mass is 9.77. The first-order chi connectivity index (χ1) is 12.6. The molecule has 3 heterocycles. The SMILES string of the molecule is O=C(C1CCN(S(=O)(=O)c2cccs2)CC1)N1CCCC2CCCCC21. The van der Waals surface area contributed by atoms with Crippen molar-refractivity contribution in [2.24, 2.45) is 11.8 Å². The summed E-state index contributed by atoms with van der Waals surface area (Å²) in [5.74, 6) is 0.973. The van der Waals surface area contributed by atoms with Crippen molar-refractivity contribution in [1.29, 1.82) is 0 Å². The van der Waals surface area contributed by atoms with Crippen LogP contribution in [0.15, 0.2) is 21.7 Å². The number of sulfonamides is 1. The molecule has 2 atom stereocenters. The molecule has 26 heavy (non-hydrogen) atoms. The molecule has 1 aromatic heterocycles. The predicted octanol–water partition coefficient (Wildman–Crippen LogP) is 3.33. The fraction of sp³-hybridized carbons (Fsp3) is 0.737. The number of piperidine rings is 2. The molecule has 0 N–H and O–H groups in total. The number of hydrogen-bond acceptors (Lipinski definition) is 4. The van der Waals surface area contributed by atoms with Crippen molar-refractivity contribution in [3.63, 3.8) is 0 Å². The molecule has 2 saturated heterocycles. The minimum atomic E-state index is -3.38. The van der Waals surface area contributed by atoms with Crippen molar-refractivity contribution in [3.05, 3.63) is 17.5 Å². The van der Waals surface area contributed by atoms with Crippen molar-refractivity contribution in [2.45, 2.75) is 61.6 Å². The molecule has 144 valence electrons. The first-order valence-corrected chi connectivity index (χ1v) is 12.2. The Morgan fingerprint density at radius 2 is 1.73 bits per heavy atom. The third kappa shape index (κ3) is 3.45. The van der Waals surface area contributed by atoms with E-state index in [1.165, 1.54) is 37.0 Å². The Morgan fingerprint density at radius 1 is 1.00 bits per heavy atom. The van der Waals surface area contributed by atoms with Crippen LogP contribution in [0.5, 0.6) is 0 Å². The van der Waals surface area contributed by atoms with Crippen LogP contribution in [0.1, 0.15) is 51.4 Å². The van der Waals surface area contributed by atoms with Crippen LogP contribution in [0.3, 0.4) is 0 Å². The van der Waals surface area contributed by atoms with Gasteiger partial charge in [0.05, 0.1) is 0 Å². The zero-order chi connectivity index (χ0) is 18.1. The van der Waals surface area contributed by atoms with Gasteiger partial charge >= 0.3 is 0 Å². The highest BCUT2D eigenvalue weighted by molar-refractivity contribution is 7.91. The summed E-state index contributed by atoms with van der Waals surface area (Å²) in [6.07, 6.45) is 8.66. The quantitative estimate of drug-likeness (QED) is 0.787. The number of rotatable bonds is 3. The van der Waals surface area contributed by atoms with Gasteiger partial charge in [-0.1, -0.05) is 18.9 Å². The van der Waals surface area contributed by atoms with Gasteiger partial charge in [0.15, 0.2) is 0 Å². The lowest BCUT2D eigenvalue weighted by Crippen LogP contribution is -2.53. The number of nitrogens with zero attached hydrogens (tertiary/aromatic N) is 2. The monoisotopic (exact) mass is 396 g/mol. The number of fused-ring (bicyclic) bond motifs is 1. The van der Waals surface area contributed by atoms with Crippen molar-refractivity contribution < 1.29 is 13.2 Å². The van der Waals surface area contributed by atoms with Crippen molar-refractivity contribution in [1.82, 2.24) is 9.21 Å². The minimum absolute atomic E-state index is 0.00883. The van der Waals surface area contributed by atoms with Crippen molar-refractivity contribution in [2.75, 3.05) is 19.6 Å². The van der Waals surface area contributed by atoms with E-state index in [0.29, 0.717) is 42.1 Å². The zero-order valence-corrected chi connectivity index (χ0v) is 16.8. The Morgan fingerprint density at radius 3 is 2.46 bits per heavy atom. The Labute approximate surface area is 160 Å². The van der Waals surface area contributed by atoms with E-state index in [4.69, 9.17) is 0 Å². The van der Waals surface area contributed by atoms with Gasteiger partial charge in [0.2, 0.25) is 5.91 Å². The Bertz CT molecular complexity index is 722. The molecule has 1 aromatic rings. The number of likely N-dealkylation sites (tertiary alicyclic amines) is 1. The molecule has 0 bridgehead atoms. The molecular formula is C19H28N2O3S2. The lowest BCUT2D eigenvalue weighted by molar-refractivity contribution is -0.143. The van der Waals surface area contributed by atoms with Crippen LogP contribution >= 0.6 is 11.3 Å². The smallest absolute Gasteiger partial charge is 0.252 e. The highest BCUT2D eigenvalue weighted by Crippen LogP contribution is 2.37. The number of hydrogen-bond donors (Lipinski definition) is 0. The average molecular weight is 397 g/mol. The van der Waals surface area contributed by atoms with Gasteiger partial charge in [-0.3, -0.25) is 4.79 Å². The van der Waals surface area contributed by atoms with E-state index in [9.17, 15) is 13.2 Å². The fourth-order valence-corrected chi connectivity index (χ4v) is 7.63. The second-order valence-electron chi connectivity index (χ2n) is 7.90. The molecule has 1 saturated carbocycles. The molecule has 0 radical (unpaired) electrons. The third-order valence-electron chi connectivity index (χ3n) is 6.42. The first-order valence-electron chi connectivity index (χ1n) is 9.91. The maximum atomic E-state index is 13.2. The van der Waals surface area contributed by atoms with Crippen LogP contribution in [0, 0.1) is 11.8 Å². The second-order valence-corrected chi connectivity index (χ2v) is 11.0. The molecule has 4 rings (SSSR count). The van der Waals surface area contributed by atoms with Crippen molar-refractivity contribution >= 4 is 27.3 Å². The average Bonchev–Trinajstić information content (AvgIpc) is 3.23. The number of thiophene rings is 1. The molecule has 2 aliphatic heterocycles.